The minimum atomic E-state index is -0.158. The predicted molar refractivity (Wildman–Crippen MR) is 124 cm³/mol. The molecule has 1 aromatic rings. The highest BCUT2D eigenvalue weighted by Crippen LogP contribution is 2.34. The van der Waals surface area contributed by atoms with Crippen LogP contribution in [0.5, 0.6) is 11.5 Å². The SMILES string of the molecule is COc1ccc(NC(=O)[C@@H](C2CCCC2)N2CCN(C(=O)C3CCCC3)CC2)cc1OC. The molecule has 0 radical (unpaired) electrons. The summed E-state index contributed by atoms with van der Waals surface area (Å²) in [5, 5.41) is 3.12. The number of methoxy groups -OCH3 is 2. The summed E-state index contributed by atoms with van der Waals surface area (Å²) in [6.07, 6.45) is 8.98. The Hall–Kier alpha value is -2.28. The van der Waals surface area contributed by atoms with Gasteiger partial charge in [-0.2, -0.15) is 0 Å². The summed E-state index contributed by atoms with van der Waals surface area (Å²) < 4.78 is 10.7. The molecule has 1 saturated heterocycles. The third kappa shape index (κ3) is 5.03. The number of ether oxygens (including phenoxy) is 2. The molecule has 0 bridgehead atoms. The van der Waals surface area contributed by atoms with Gasteiger partial charge >= 0.3 is 0 Å². The Morgan fingerprint density at radius 3 is 2.16 bits per heavy atom. The molecule has 2 saturated carbocycles. The highest BCUT2D eigenvalue weighted by Gasteiger charge is 2.38. The molecule has 2 aliphatic carbocycles. The second-order valence-electron chi connectivity index (χ2n) is 9.39. The summed E-state index contributed by atoms with van der Waals surface area (Å²) in [4.78, 5) is 30.6. The van der Waals surface area contributed by atoms with Gasteiger partial charge in [0.25, 0.3) is 0 Å². The lowest BCUT2D eigenvalue weighted by Gasteiger charge is -2.41. The molecule has 7 heteroatoms. The number of carbonyl (C=O) groups is 2. The van der Waals surface area contributed by atoms with Gasteiger partial charge in [0.1, 0.15) is 0 Å². The van der Waals surface area contributed by atoms with Crippen LogP contribution in [0, 0.1) is 11.8 Å². The van der Waals surface area contributed by atoms with E-state index in [9.17, 15) is 9.59 Å². The average molecular weight is 444 g/mol. The number of hydrogen-bond acceptors (Lipinski definition) is 5. The van der Waals surface area contributed by atoms with Gasteiger partial charge in [-0.15, -0.1) is 0 Å². The van der Waals surface area contributed by atoms with Gasteiger partial charge in [-0.25, -0.2) is 0 Å². The summed E-state index contributed by atoms with van der Waals surface area (Å²) in [7, 11) is 3.19. The van der Waals surface area contributed by atoms with E-state index in [1.54, 1.807) is 20.3 Å². The Labute approximate surface area is 191 Å². The van der Waals surface area contributed by atoms with Gasteiger partial charge in [0.15, 0.2) is 11.5 Å². The first-order chi connectivity index (χ1) is 15.6. The van der Waals surface area contributed by atoms with Crippen molar-refractivity contribution in [1.29, 1.82) is 0 Å². The fourth-order valence-corrected chi connectivity index (χ4v) is 5.73. The molecule has 0 aromatic heterocycles. The first-order valence-electron chi connectivity index (χ1n) is 12.2. The standard InChI is InChI=1S/C25H37N3O4/c1-31-21-12-11-20(17-22(21)32-2)26-24(29)23(18-7-3-4-8-18)27-13-15-28(16-14-27)25(30)19-9-5-6-10-19/h11-12,17-19,23H,3-10,13-16H2,1-2H3,(H,26,29)/t23-/m1/s1. The summed E-state index contributed by atoms with van der Waals surface area (Å²) in [5.74, 6) is 2.20. The predicted octanol–water partition coefficient (Wildman–Crippen LogP) is 3.54. The maximum Gasteiger partial charge on any atom is 0.242 e. The molecule has 1 aliphatic heterocycles. The van der Waals surface area contributed by atoms with Gasteiger partial charge in [0.2, 0.25) is 11.8 Å². The van der Waals surface area contributed by atoms with E-state index >= 15 is 0 Å². The van der Waals surface area contributed by atoms with E-state index in [0.29, 0.717) is 29.0 Å². The van der Waals surface area contributed by atoms with Gasteiger partial charge in [0.05, 0.1) is 20.3 Å². The molecule has 4 rings (SSSR count). The van der Waals surface area contributed by atoms with E-state index in [1.165, 1.54) is 25.7 Å². The zero-order valence-electron chi connectivity index (χ0n) is 19.5. The van der Waals surface area contributed by atoms with Crippen molar-refractivity contribution in [3.8, 4) is 11.5 Å². The van der Waals surface area contributed by atoms with Crippen molar-refractivity contribution >= 4 is 17.5 Å². The normalized spacial score (nSPS) is 21.5. The van der Waals surface area contributed by atoms with Crippen LogP contribution < -0.4 is 14.8 Å². The molecule has 2 amide bonds. The lowest BCUT2D eigenvalue weighted by Crippen LogP contribution is -2.57. The Balaban J connectivity index is 1.42. The van der Waals surface area contributed by atoms with Crippen LogP contribution in [0.1, 0.15) is 51.4 Å². The summed E-state index contributed by atoms with van der Waals surface area (Å²) in [6, 6.07) is 5.31. The van der Waals surface area contributed by atoms with Crippen molar-refractivity contribution in [3.63, 3.8) is 0 Å². The summed E-state index contributed by atoms with van der Waals surface area (Å²) in [5.41, 5.74) is 0.714. The highest BCUT2D eigenvalue weighted by molar-refractivity contribution is 5.95. The van der Waals surface area contributed by atoms with Crippen LogP contribution in [0.15, 0.2) is 18.2 Å². The number of nitrogens with zero attached hydrogens (tertiary/aromatic N) is 2. The van der Waals surface area contributed by atoms with E-state index in [2.05, 4.69) is 10.2 Å². The van der Waals surface area contributed by atoms with Crippen LogP contribution in [-0.4, -0.2) is 68.1 Å². The highest BCUT2D eigenvalue weighted by atomic mass is 16.5. The minimum absolute atomic E-state index is 0.0414. The monoisotopic (exact) mass is 443 g/mol. The van der Waals surface area contributed by atoms with Gasteiger partial charge < -0.3 is 19.7 Å². The molecular weight excluding hydrogens is 406 g/mol. The second kappa shape index (κ2) is 10.6. The molecule has 1 aromatic carbocycles. The van der Waals surface area contributed by atoms with Crippen molar-refractivity contribution in [2.75, 3.05) is 45.7 Å². The first-order valence-corrected chi connectivity index (χ1v) is 12.2. The number of nitrogens with one attached hydrogen (secondary N) is 1. The van der Waals surface area contributed by atoms with Crippen molar-refractivity contribution in [2.45, 2.75) is 57.4 Å². The maximum absolute atomic E-state index is 13.5. The van der Waals surface area contributed by atoms with Crippen molar-refractivity contribution in [1.82, 2.24) is 9.80 Å². The fourth-order valence-electron chi connectivity index (χ4n) is 5.73. The molecular formula is C25H37N3O4. The van der Waals surface area contributed by atoms with Gasteiger partial charge in [0, 0.05) is 43.9 Å². The summed E-state index contributed by atoms with van der Waals surface area (Å²) in [6.45, 7) is 2.97. The number of rotatable bonds is 7. The van der Waals surface area contributed by atoms with Gasteiger partial charge in [-0.1, -0.05) is 25.7 Å². The Morgan fingerprint density at radius 1 is 0.906 bits per heavy atom. The molecule has 7 nitrogen and oxygen atoms in total. The molecule has 32 heavy (non-hydrogen) atoms. The molecule has 3 fully saturated rings. The van der Waals surface area contributed by atoms with E-state index < -0.39 is 0 Å². The first kappa shape index (κ1) is 22.9. The van der Waals surface area contributed by atoms with Crippen LogP contribution in [0.25, 0.3) is 0 Å². The Bertz CT molecular complexity index is 794. The molecule has 1 atom stereocenters. The summed E-state index contributed by atoms with van der Waals surface area (Å²) >= 11 is 0. The van der Waals surface area contributed by atoms with Gasteiger partial charge in [-0.3, -0.25) is 14.5 Å². The van der Waals surface area contributed by atoms with Crippen molar-refractivity contribution < 1.29 is 19.1 Å². The number of amides is 2. The zero-order chi connectivity index (χ0) is 22.5. The van der Waals surface area contributed by atoms with Gasteiger partial charge in [-0.05, 0) is 43.7 Å². The third-order valence-corrected chi connectivity index (χ3v) is 7.49. The average Bonchev–Trinajstić information content (AvgIpc) is 3.54. The lowest BCUT2D eigenvalue weighted by atomic mass is 9.94. The largest absolute Gasteiger partial charge is 0.493 e. The van der Waals surface area contributed by atoms with Crippen molar-refractivity contribution in [3.05, 3.63) is 18.2 Å². The molecule has 0 spiro atoms. The van der Waals surface area contributed by atoms with Crippen LogP contribution >= 0.6 is 0 Å². The van der Waals surface area contributed by atoms with Crippen LogP contribution in [0.2, 0.25) is 0 Å². The van der Waals surface area contributed by atoms with E-state index in [0.717, 1.165) is 51.9 Å². The number of piperazine rings is 1. The topological polar surface area (TPSA) is 71.1 Å². The number of benzene rings is 1. The third-order valence-electron chi connectivity index (χ3n) is 7.49. The van der Waals surface area contributed by atoms with Crippen LogP contribution in [0.3, 0.4) is 0 Å². The number of carbonyl (C=O) groups excluding carboxylic acids is 2. The van der Waals surface area contributed by atoms with E-state index in [-0.39, 0.29) is 17.9 Å². The number of anilines is 1. The second-order valence-corrected chi connectivity index (χ2v) is 9.39. The minimum Gasteiger partial charge on any atom is -0.493 e. The molecule has 0 unspecified atom stereocenters. The fraction of sp³-hybridized carbons (Fsp3) is 0.680. The van der Waals surface area contributed by atoms with Crippen LogP contribution in [0.4, 0.5) is 5.69 Å². The molecule has 1 N–H and O–H groups in total. The quantitative estimate of drug-likeness (QED) is 0.698. The molecule has 3 aliphatic rings. The Kier molecular flexibility index (Phi) is 7.55. The maximum atomic E-state index is 13.5. The smallest absolute Gasteiger partial charge is 0.242 e. The zero-order valence-corrected chi connectivity index (χ0v) is 19.5. The van der Waals surface area contributed by atoms with E-state index in [1.807, 2.05) is 17.0 Å². The molecule has 1 heterocycles. The number of hydrogen-bond donors (Lipinski definition) is 1. The van der Waals surface area contributed by atoms with E-state index in [4.69, 9.17) is 9.47 Å². The molecule has 176 valence electrons. The van der Waals surface area contributed by atoms with Crippen molar-refractivity contribution in [2.24, 2.45) is 11.8 Å². The lowest BCUT2D eigenvalue weighted by molar-refractivity contribution is -0.138. The Morgan fingerprint density at radius 2 is 1.53 bits per heavy atom. The van der Waals surface area contributed by atoms with Crippen LogP contribution in [-0.2, 0) is 9.59 Å².